The first-order valence-corrected chi connectivity index (χ1v) is 8.44. The Morgan fingerprint density at radius 3 is 2.41 bits per heavy atom. The van der Waals surface area contributed by atoms with Gasteiger partial charge in [-0.25, -0.2) is 13.6 Å². The molecule has 0 spiro atoms. The Kier molecular flexibility index (Phi) is 5.26. The van der Waals surface area contributed by atoms with E-state index in [2.05, 4.69) is 10.6 Å². The lowest BCUT2D eigenvalue weighted by atomic mass is 9.94. The van der Waals surface area contributed by atoms with Crippen molar-refractivity contribution in [3.63, 3.8) is 0 Å². The van der Waals surface area contributed by atoms with Gasteiger partial charge in [0.15, 0.2) is 11.6 Å². The number of non-ortho nitro benzene ring substituents is 1. The molecule has 1 aliphatic heterocycles. The first-order chi connectivity index (χ1) is 13.7. The van der Waals surface area contributed by atoms with E-state index in [9.17, 15) is 28.5 Å². The second kappa shape index (κ2) is 7.66. The fourth-order valence-corrected chi connectivity index (χ4v) is 2.94. The molecule has 150 valence electrons. The fraction of sp³-hybridized carbons (Fsp3) is 0.158. The Labute approximate surface area is 164 Å². The van der Waals surface area contributed by atoms with Crippen LogP contribution >= 0.6 is 0 Å². The predicted octanol–water partition coefficient (Wildman–Crippen LogP) is 3.48. The van der Waals surface area contributed by atoms with Crippen LogP contribution < -0.4 is 10.6 Å². The predicted molar refractivity (Wildman–Crippen MR) is 99.8 cm³/mol. The van der Waals surface area contributed by atoms with E-state index in [-0.39, 0.29) is 16.9 Å². The van der Waals surface area contributed by atoms with Crippen LogP contribution in [0.2, 0.25) is 0 Å². The van der Waals surface area contributed by atoms with E-state index >= 15 is 0 Å². The van der Waals surface area contributed by atoms with Crippen LogP contribution in [0.3, 0.4) is 0 Å². The van der Waals surface area contributed by atoms with Crippen LogP contribution in [0.15, 0.2) is 53.7 Å². The zero-order chi connectivity index (χ0) is 21.3. The zero-order valence-corrected chi connectivity index (χ0v) is 15.4. The molecule has 0 unspecified atom stereocenters. The summed E-state index contributed by atoms with van der Waals surface area (Å²) in [4.78, 5) is 36.7. The number of urea groups is 1. The van der Waals surface area contributed by atoms with E-state index in [1.54, 1.807) is 6.92 Å². The Balaban J connectivity index is 1.98. The van der Waals surface area contributed by atoms with Gasteiger partial charge in [0.25, 0.3) is 11.6 Å². The Hall–Kier alpha value is -3.82. The number of amides is 3. The normalized spacial score (nSPS) is 16.5. The molecule has 10 heteroatoms. The monoisotopic (exact) mass is 402 g/mol. The number of halogens is 2. The highest BCUT2D eigenvalue weighted by Crippen LogP contribution is 2.31. The smallest absolute Gasteiger partial charge is 0.322 e. The summed E-state index contributed by atoms with van der Waals surface area (Å²) in [6.45, 7) is 1.57. The molecule has 0 saturated heterocycles. The number of nitrogens with zero attached hydrogens (tertiary/aromatic N) is 2. The Bertz CT molecular complexity index is 1040. The summed E-state index contributed by atoms with van der Waals surface area (Å²) in [5.41, 5.74) is 0.854. The van der Waals surface area contributed by atoms with Crippen molar-refractivity contribution in [2.45, 2.75) is 13.0 Å². The van der Waals surface area contributed by atoms with Gasteiger partial charge < -0.3 is 15.5 Å². The minimum Gasteiger partial charge on any atom is -0.327 e. The molecule has 29 heavy (non-hydrogen) atoms. The Morgan fingerprint density at radius 2 is 1.83 bits per heavy atom. The van der Waals surface area contributed by atoms with Crippen LogP contribution in [0.4, 0.5) is 25.0 Å². The van der Waals surface area contributed by atoms with Gasteiger partial charge >= 0.3 is 6.03 Å². The number of hydrogen-bond acceptors (Lipinski definition) is 4. The summed E-state index contributed by atoms with van der Waals surface area (Å²) in [5, 5.41) is 16.0. The van der Waals surface area contributed by atoms with E-state index in [0.29, 0.717) is 11.3 Å². The third-order valence-electron chi connectivity index (χ3n) is 4.61. The SMILES string of the molecule is CC1=C(C(=O)Nc2ccc(F)c(F)c2)[C@@H](c2ccc([N+](=O)[O-])cc2)NC(=O)N1C. The van der Waals surface area contributed by atoms with E-state index in [1.807, 2.05) is 0 Å². The minimum atomic E-state index is -1.12. The van der Waals surface area contributed by atoms with Crippen molar-refractivity contribution in [3.05, 3.63) is 81.0 Å². The molecule has 8 nitrogen and oxygen atoms in total. The molecule has 2 N–H and O–H groups in total. The summed E-state index contributed by atoms with van der Waals surface area (Å²) >= 11 is 0. The van der Waals surface area contributed by atoms with Crippen molar-refractivity contribution < 1.29 is 23.3 Å². The molecule has 0 aromatic heterocycles. The quantitative estimate of drug-likeness (QED) is 0.603. The highest BCUT2D eigenvalue weighted by molar-refractivity contribution is 6.06. The number of carbonyl (C=O) groups excluding carboxylic acids is 2. The van der Waals surface area contributed by atoms with Gasteiger partial charge in [-0.05, 0) is 36.8 Å². The molecule has 0 saturated carbocycles. The van der Waals surface area contributed by atoms with Gasteiger partial charge in [-0.2, -0.15) is 0 Å². The van der Waals surface area contributed by atoms with Crippen molar-refractivity contribution in [1.82, 2.24) is 10.2 Å². The lowest BCUT2D eigenvalue weighted by Crippen LogP contribution is -2.46. The summed E-state index contributed by atoms with van der Waals surface area (Å²) in [6.07, 6.45) is 0. The number of carbonyl (C=O) groups is 2. The van der Waals surface area contributed by atoms with Crippen molar-refractivity contribution in [2.75, 3.05) is 12.4 Å². The molecule has 2 aromatic carbocycles. The zero-order valence-electron chi connectivity index (χ0n) is 15.4. The van der Waals surface area contributed by atoms with Crippen molar-refractivity contribution in [1.29, 1.82) is 0 Å². The number of nitrogens with one attached hydrogen (secondary N) is 2. The van der Waals surface area contributed by atoms with Gasteiger partial charge in [0.2, 0.25) is 0 Å². The van der Waals surface area contributed by atoms with Crippen LogP contribution in [0.1, 0.15) is 18.5 Å². The van der Waals surface area contributed by atoms with E-state index in [4.69, 9.17) is 0 Å². The Morgan fingerprint density at radius 1 is 1.17 bits per heavy atom. The lowest BCUT2D eigenvalue weighted by Gasteiger charge is -2.33. The maximum Gasteiger partial charge on any atom is 0.322 e. The third-order valence-corrected chi connectivity index (χ3v) is 4.61. The molecule has 0 bridgehead atoms. The van der Waals surface area contributed by atoms with E-state index < -0.39 is 34.5 Å². The number of nitro groups is 1. The van der Waals surface area contributed by atoms with Crippen LogP contribution in [0.25, 0.3) is 0 Å². The number of rotatable bonds is 4. The van der Waals surface area contributed by atoms with Gasteiger partial charge in [0.1, 0.15) is 0 Å². The van der Waals surface area contributed by atoms with Crippen molar-refractivity contribution in [3.8, 4) is 0 Å². The second-order valence-corrected chi connectivity index (χ2v) is 6.37. The molecule has 0 aliphatic carbocycles. The maximum absolute atomic E-state index is 13.4. The van der Waals surface area contributed by atoms with Gasteiger partial charge in [-0.1, -0.05) is 0 Å². The molecule has 1 atom stereocenters. The summed E-state index contributed by atoms with van der Waals surface area (Å²) in [5.74, 6) is -2.80. The molecule has 3 rings (SSSR count). The molecule has 1 aliphatic rings. The van der Waals surface area contributed by atoms with Gasteiger partial charge in [0, 0.05) is 36.6 Å². The van der Waals surface area contributed by atoms with Crippen molar-refractivity contribution >= 4 is 23.3 Å². The molecular weight excluding hydrogens is 386 g/mol. The topological polar surface area (TPSA) is 105 Å². The maximum atomic E-state index is 13.4. The van der Waals surface area contributed by atoms with Crippen LogP contribution in [-0.2, 0) is 4.79 Å². The fourth-order valence-electron chi connectivity index (χ4n) is 2.94. The van der Waals surface area contributed by atoms with Gasteiger partial charge in [0.05, 0.1) is 16.5 Å². The standard InChI is InChI=1S/C19H16F2N4O4/c1-10-16(18(26)22-12-5-8-14(20)15(21)9-12)17(23-19(27)24(10)2)11-3-6-13(7-4-11)25(28)29/h3-9,17H,1-2H3,(H,22,26)(H,23,27)/t17-/m1/s1. The van der Waals surface area contributed by atoms with Crippen LogP contribution in [0, 0.1) is 21.7 Å². The number of nitro benzene ring substituents is 1. The third kappa shape index (κ3) is 3.91. The number of anilines is 1. The summed E-state index contributed by atoms with van der Waals surface area (Å²) in [7, 11) is 1.47. The summed E-state index contributed by atoms with van der Waals surface area (Å²) < 4.78 is 26.6. The van der Waals surface area contributed by atoms with Crippen LogP contribution in [-0.4, -0.2) is 28.8 Å². The molecule has 2 aromatic rings. The average Bonchev–Trinajstić information content (AvgIpc) is 2.68. The molecule has 0 radical (unpaired) electrons. The average molecular weight is 402 g/mol. The van der Waals surface area contributed by atoms with Crippen LogP contribution in [0.5, 0.6) is 0 Å². The highest BCUT2D eigenvalue weighted by Gasteiger charge is 2.34. The number of hydrogen-bond donors (Lipinski definition) is 2. The first kappa shape index (κ1) is 19.9. The number of allylic oxidation sites excluding steroid dienone is 1. The molecule has 0 fully saturated rings. The second-order valence-electron chi connectivity index (χ2n) is 6.37. The molecule has 3 amide bonds. The summed E-state index contributed by atoms with van der Waals surface area (Å²) in [6, 6.07) is 6.99. The van der Waals surface area contributed by atoms with E-state index in [0.717, 1.165) is 12.1 Å². The number of benzene rings is 2. The van der Waals surface area contributed by atoms with Gasteiger partial charge in [-0.3, -0.25) is 14.9 Å². The molecule has 1 heterocycles. The first-order valence-electron chi connectivity index (χ1n) is 8.44. The van der Waals surface area contributed by atoms with E-state index in [1.165, 1.54) is 42.3 Å². The lowest BCUT2D eigenvalue weighted by molar-refractivity contribution is -0.384. The van der Waals surface area contributed by atoms with Crippen molar-refractivity contribution in [2.24, 2.45) is 0 Å². The molecular formula is C19H16F2N4O4. The minimum absolute atomic E-state index is 0.0382. The van der Waals surface area contributed by atoms with Gasteiger partial charge in [-0.15, -0.1) is 0 Å². The highest BCUT2D eigenvalue weighted by atomic mass is 19.2. The largest absolute Gasteiger partial charge is 0.327 e.